The van der Waals surface area contributed by atoms with Crippen LogP contribution >= 0.6 is 0 Å². The van der Waals surface area contributed by atoms with Gasteiger partial charge in [-0.3, -0.25) is 0 Å². The van der Waals surface area contributed by atoms with Crippen molar-refractivity contribution in [1.82, 2.24) is 0 Å². The van der Waals surface area contributed by atoms with Gasteiger partial charge in [0.1, 0.15) is 0 Å². The van der Waals surface area contributed by atoms with Gasteiger partial charge in [-0.2, -0.15) is 0 Å². The molecule has 0 aliphatic rings. The van der Waals surface area contributed by atoms with Crippen LogP contribution in [0.3, 0.4) is 0 Å². The number of carboxylic acids is 1. The van der Waals surface area contributed by atoms with E-state index in [9.17, 15) is 4.79 Å². The fourth-order valence-corrected chi connectivity index (χ4v) is 1.03. The van der Waals surface area contributed by atoms with Gasteiger partial charge in [-0.1, -0.05) is 12.2 Å². The molecule has 0 heterocycles. The van der Waals surface area contributed by atoms with E-state index < -0.39 is 5.97 Å². The first kappa shape index (κ1) is 10.3. The predicted octanol–water partition coefficient (Wildman–Crippen LogP) is 2.37. The second-order valence-electron chi connectivity index (χ2n) is 2.83. The Morgan fingerprint density at radius 2 is 2.07 bits per heavy atom. The average molecular weight is 191 g/mol. The van der Waals surface area contributed by atoms with E-state index in [-0.39, 0.29) is 0 Å². The Bertz CT molecular complexity index is 328. The van der Waals surface area contributed by atoms with Crippen LogP contribution < -0.4 is 5.32 Å². The molecule has 0 aliphatic carbocycles. The summed E-state index contributed by atoms with van der Waals surface area (Å²) in [4.78, 5) is 10.5. The van der Waals surface area contributed by atoms with E-state index in [0.29, 0.717) is 5.56 Å². The minimum atomic E-state index is -0.898. The number of carbonyl (C=O) groups is 1. The standard InChI is InChI=1S/C11H13NO2/c1-2-3-8-12-10-6-4-9(5-7-10)11(13)14/h2-7,12H,8H2,1H3,(H,13,14). The maximum absolute atomic E-state index is 10.5. The fraction of sp³-hybridized carbons (Fsp3) is 0.182. The maximum atomic E-state index is 10.5. The first-order valence-electron chi connectivity index (χ1n) is 4.42. The number of anilines is 1. The van der Waals surface area contributed by atoms with Gasteiger partial charge in [-0.05, 0) is 31.2 Å². The maximum Gasteiger partial charge on any atom is 0.335 e. The molecule has 74 valence electrons. The minimum absolute atomic E-state index is 0.307. The lowest BCUT2D eigenvalue weighted by molar-refractivity contribution is 0.0697. The van der Waals surface area contributed by atoms with E-state index in [1.165, 1.54) is 0 Å². The molecule has 1 aromatic carbocycles. The Morgan fingerprint density at radius 1 is 1.43 bits per heavy atom. The summed E-state index contributed by atoms with van der Waals surface area (Å²) in [5.74, 6) is -0.898. The molecule has 1 rings (SSSR count). The van der Waals surface area contributed by atoms with Crippen molar-refractivity contribution in [1.29, 1.82) is 0 Å². The van der Waals surface area contributed by atoms with E-state index in [1.807, 2.05) is 19.1 Å². The van der Waals surface area contributed by atoms with Crippen molar-refractivity contribution in [2.75, 3.05) is 11.9 Å². The molecule has 0 fully saturated rings. The van der Waals surface area contributed by atoms with Crippen LogP contribution in [-0.2, 0) is 0 Å². The van der Waals surface area contributed by atoms with Crippen LogP contribution in [0.4, 0.5) is 5.69 Å². The Hall–Kier alpha value is -1.77. The topological polar surface area (TPSA) is 49.3 Å². The van der Waals surface area contributed by atoms with Gasteiger partial charge in [-0.15, -0.1) is 0 Å². The normalized spacial score (nSPS) is 10.4. The molecule has 0 amide bonds. The first-order chi connectivity index (χ1) is 6.74. The summed E-state index contributed by atoms with van der Waals surface area (Å²) in [6.45, 7) is 2.71. The monoisotopic (exact) mass is 191 g/mol. The Kier molecular flexibility index (Phi) is 3.73. The smallest absolute Gasteiger partial charge is 0.335 e. The van der Waals surface area contributed by atoms with Gasteiger partial charge in [-0.25, -0.2) is 4.79 Å². The van der Waals surface area contributed by atoms with Crippen LogP contribution in [0.25, 0.3) is 0 Å². The lowest BCUT2D eigenvalue weighted by atomic mass is 10.2. The third kappa shape index (κ3) is 2.94. The molecule has 2 N–H and O–H groups in total. The van der Waals surface area contributed by atoms with E-state index in [1.54, 1.807) is 24.3 Å². The quantitative estimate of drug-likeness (QED) is 0.718. The number of benzene rings is 1. The predicted molar refractivity (Wildman–Crippen MR) is 56.7 cm³/mol. The van der Waals surface area contributed by atoms with E-state index in [2.05, 4.69) is 5.32 Å². The first-order valence-corrected chi connectivity index (χ1v) is 4.42. The van der Waals surface area contributed by atoms with Crippen LogP contribution in [0, 0.1) is 0 Å². The van der Waals surface area contributed by atoms with Gasteiger partial charge >= 0.3 is 5.97 Å². The van der Waals surface area contributed by atoms with Crippen molar-refractivity contribution in [2.24, 2.45) is 0 Å². The Morgan fingerprint density at radius 3 is 2.57 bits per heavy atom. The molecule has 0 bridgehead atoms. The second-order valence-corrected chi connectivity index (χ2v) is 2.83. The van der Waals surface area contributed by atoms with Crippen LogP contribution in [0.1, 0.15) is 17.3 Å². The molecule has 3 heteroatoms. The van der Waals surface area contributed by atoms with Crippen molar-refractivity contribution in [3.8, 4) is 0 Å². The summed E-state index contributed by atoms with van der Waals surface area (Å²) >= 11 is 0. The molecule has 14 heavy (non-hydrogen) atoms. The second kappa shape index (κ2) is 5.07. The zero-order valence-corrected chi connectivity index (χ0v) is 8.03. The van der Waals surface area contributed by atoms with Crippen molar-refractivity contribution in [3.05, 3.63) is 42.0 Å². The Balaban J connectivity index is 2.59. The zero-order valence-electron chi connectivity index (χ0n) is 8.03. The summed E-state index contributed by atoms with van der Waals surface area (Å²) in [6, 6.07) is 6.68. The van der Waals surface area contributed by atoms with Crippen molar-refractivity contribution >= 4 is 11.7 Å². The van der Waals surface area contributed by atoms with Crippen LogP contribution in [0.5, 0.6) is 0 Å². The number of aromatic carboxylic acids is 1. The highest BCUT2D eigenvalue weighted by Crippen LogP contribution is 2.08. The molecule has 0 radical (unpaired) electrons. The number of rotatable bonds is 4. The fourth-order valence-electron chi connectivity index (χ4n) is 1.03. The van der Waals surface area contributed by atoms with Crippen molar-refractivity contribution in [2.45, 2.75) is 6.92 Å². The van der Waals surface area contributed by atoms with Crippen LogP contribution in [0.2, 0.25) is 0 Å². The lowest BCUT2D eigenvalue weighted by Gasteiger charge is -2.02. The van der Waals surface area contributed by atoms with Crippen LogP contribution in [-0.4, -0.2) is 17.6 Å². The van der Waals surface area contributed by atoms with Gasteiger partial charge in [0.05, 0.1) is 5.56 Å². The number of allylic oxidation sites excluding steroid dienone is 1. The highest BCUT2D eigenvalue weighted by Gasteiger charge is 2.00. The van der Waals surface area contributed by atoms with Gasteiger partial charge < -0.3 is 10.4 Å². The van der Waals surface area contributed by atoms with E-state index >= 15 is 0 Å². The minimum Gasteiger partial charge on any atom is -0.478 e. The average Bonchev–Trinajstić information content (AvgIpc) is 2.19. The van der Waals surface area contributed by atoms with Gasteiger partial charge in [0, 0.05) is 12.2 Å². The zero-order chi connectivity index (χ0) is 10.4. The molecule has 0 unspecified atom stereocenters. The molecule has 0 aliphatic heterocycles. The summed E-state index contributed by atoms with van der Waals surface area (Å²) in [6.07, 6.45) is 3.95. The molecular formula is C11H13NO2. The summed E-state index contributed by atoms with van der Waals surface area (Å²) in [5.41, 5.74) is 1.23. The molecule has 0 saturated carbocycles. The third-order valence-corrected chi connectivity index (χ3v) is 1.79. The molecule has 1 aromatic rings. The molecule has 0 aromatic heterocycles. The summed E-state index contributed by atoms with van der Waals surface area (Å²) < 4.78 is 0. The highest BCUT2D eigenvalue weighted by molar-refractivity contribution is 5.87. The lowest BCUT2D eigenvalue weighted by Crippen LogP contribution is -1.99. The molecular weight excluding hydrogens is 178 g/mol. The van der Waals surface area contributed by atoms with E-state index in [0.717, 1.165) is 12.2 Å². The number of carboxylic acid groups (broad SMARTS) is 1. The van der Waals surface area contributed by atoms with Crippen molar-refractivity contribution in [3.63, 3.8) is 0 Å². The molecule has 0 atom stereocenters. The van der Waals surface area contributed by atoms with Gasteiger partial charge in [0.25, 0.3) is 0 Å². The third-order valence-electron chi connectivity index (χ3n) is 1.79. The Labute approximate surface area is 83.1 Å². The highest BCUT2D eigenvalue weighted by atomic mass is 16.4. The molecule has 0 spiro atoms. The SMILES string of the molecule is CC=CCNc1ccc(C(=O)O)cc1. The molecule has 0 saturated heterocycles. The summed E-state index contributed by atoms with van der Waals surface area (Å²) in [5, 5.41) is 11.8. The van der Waals surface area contributed by atoms with Crippen molar-refractivity contribution < 1.29 is 9.90 Å². The van der Waals surface area contributed by atoms with E-state index in [4.69, 9.17) is 5.11 Å². The van der Waals surface area contributed by atoms with Crippen LogP contribution in [0.15, 0.2) is 36.4 Å². The number of hydrogen-bond donors (Lipinski definition) is 2. The summed E-state index contributed by atoms with van der Waals surface area (Å²) in [7, 11) is 0. The molecule has 3 nitrogen and oxygen atoms in total. The van der Waals surface area contributed by atoms with Gasteiger partial charge in [0.15, 0.2) is 0 Å². The number of nitrogens with one attached hydrogen (secondary N) is 1. The van der Waals surface area contributed by atoms with Gasteiger partial charge in [0.2, 0.25) is 0 Å². The number of hydrogen-bond acceptors (Lipinski definition) is 2. The largest absolute Gasteiger partial charge is 0.478 e.